The molecule has 1 heterocycles. The van der Waals surface area contributed by atoms with Crippen molar-refractivity contribution >= 4 is 11.8 Å². The molecule has 0 spiro atoms. The molecule has 0 radical (unpaired) electrons. The normalized spacial score (nSPS) is 31.6. The third-order valence-corrected chi connectivity index (χ3v) is 4.96. The second-order valence-corrected chi connectivity index (χ2v) is 5.70. The first-order valence-corrected chi connectivity index (χ1v) is 6.53. The van der Waals surface area contributed by atoms with Crippen molar-refractivity contribution in [1.82, 2.24) is 5.43 Å². The zero-order valence-electron chi connectivity index (χ0n) is 8.17. The molecule has 0 bridgehead atoms. The molecule has 0 aromatic carbocycles. The minimum Gasteiger partial charge on any atom is -0.271 e. The minimum atomic E-state index is 0.581. The fourth-order valence-electron chi connectivity index (χ4n) is 2.33. The third kappa shape index (κ3) is 2.39. The van der Waals surface area contributed by atoms with E-state index in [4.69, 9.17) is 5.84 Å². The highest BCUT2D eigenvalue weighted by molar-refractivity contribution is 8.00. The third-order valence-electron chi connectivity index (χ3n) is 3.44. The molecule has 0 aromatic heterocycles. The van der Waals surface area contributed by atoms with Gasteiger partial charge in [-0.05, 0) is 30.9 Å². The van der Waals surface area contributed by atoms with Gasteiger partial charge in [0.15, 0.2) is 0 Å². The molecule has 1 aliphatic heterocycles. The maximum absolute atomic E-state index is 5.62. The van der Waals surface area contributed by atoms with E-state index in [1.165, 1.54) is 44.3 Å². The Morgan fingerprint density at radius 1 is 1.31 bits per heavy atom. The highest BCUT2D eigenvalue weighted by Crippen LogP contribution is 2.36. The van der Waals surface area contributed by atoms with E-state index in [9.17, 15) is 0 Å². The second-order valence-electron chi connectivity index (χ2n) is 4.36. The largest absolute Gasteiger partial charge is 0.271 e. The average Bonchev–Trinajstić information content (AvgIpc) is 2.55. The molecule has 1 saturated carbocycles. The van der Waals surface area contributed by atoms with Gasteiger partial charge in [-0.1, -0.05) is 19.3 Å². The second kappa shape index (κ2) is 4.67. The van der Waals surface area contributed by atoms with Crippen LogP contribution in [0.3, 0.4) is 0 Å². The number of nitrogens with one attached hydrogen (secondary N) is 1. The standard InChI is InChI=1S/C10H20N2S/c11-12-9(7-8-3-1-4-8)10-5-2-6-13-10/h8-10,12H,1-7,11H2. The maximum Gasteiger partial charge on any atom is 0.0332 e. The van der Waals surface area contributed by atoms with Gasteiger partial charge in [0.25, 0.3) is 0 Å². The average molecular weight is 200 g/mol. The summed E-state index contributed by atoms with van der Waals surface area (Å²) in [6.07, 6.45) is 8.39. The lowest BCUT2D eigenvalue weighted by atomic mass is 9.80. The van der Waals surface area contributed by atoms with Crippen LogP contribution in [-0.4, -0.2) is 17.0 Å². The summed E-state index contributed by atoms with van der Waals surface area (Å²) in [5.41, 5.74) is 3.02. The van der Waals surface area contributed by atoms with Crippen LogP contribution in [0.1, 0.15) is 38.5 Å². The molecular weight excluding hydrogens is 180 g/mol. The van der Waals surface area contributed by atoms with E-state index in [1.54, 1.807) is 0 Å². The molecule has 2 unspecified atom stereocenters. The van der Waals surface area contributed by atoms with Crippen LogP contribution in [0.25, 0.3) is 0 Å². The zero-order valence-corrected chi connectivity index (χ0v) is 8.98. The van der Waals surface area contributed by atoms with E-state index in [0.29, 0.717) is 6.04 Å². The summed E-state index contributed by atoms with van der Waals surface area (Å²) in [7, 11) is 0. The summed E-state index contributed by atoms with van der Waals surface area (Å²) >= 11 is 2.11. The van der Waals surface area contributed by atoms with Crippen LogP contribution in [0, 0.1) is 5.92 Å². The predicted octanol–water partition coefficient (Wildman–Crippen LogP) is 1.90. The van der Waals surface area contributed by atoms with Crippen LogP contribution in [0.4, 0.5) is 0 Å². The lowest BCUT2D eigenvalue weighted by molar-refractivity contribution is 0.257. The van der Waals surface area contributed by atoms with Gasteiger partial charge in [0.1, 0.15) is 0 Å². The van der Waals surface area contributed by atoms with Gasteiger partial charge in [0.05, 0.1) is 0 Å². The first-order chi connectivity index (χ1) is 6.40. The van der Waals surface area contributed by atoms with E-state index in [1.807, 2.05) is 0 Å². The number of hydrogen-bond acceptors (Lipinski definition) is 3. The van der Waals surface area contributed by atoms with Crippen molar-refractivity contribution in [1.29, 1.82) is 0 Å². The summed E-state index contributed by atoms with van der Waals surface area (Å²) in [6.45, 7) is 0. The fourth-order valence-corrected chi connectivity index (χ4v) is 3.73. The van der Waals surface area contributed by atoms with E-state index in [0.717, 1.165) is 11.2 Å². The number of hydrogen-bond donors (Lipinski definition) is 2. The maximum atomic E-state index is 5.62. The van der Waals surface area contributed by atoms with Gasteiger partial charge < -0.3 is 0 Å². The van der Waals surface area contributed by atoms with Crippen LogP contribution in [0.15, 0.2) is 0 Å². The van der Waals surface area contributed by atoms with Crippen LogP contribution in [0.5, 0.6) is 0 Å². The van der Waals surface area contributed by atoms with E-state index >= 15 is 0 Å². The Bertz CT molecular complexity index is 153. The van der Waals surface area contributed by atoms with Crippen molar-refractivity contribution in [3.05, 3.63) is 0 Å². The Hall–Kier alpha value is 0.270. The quantitative estimate of drug-likeness (QED) is 0.538. The van der Waals surface area contributed by atoms with Gasteiger partial charge in [0.2, 0.25) is 0 Å². The van der Waals surface area contributed by atoms with Crippen LogP contribution in [0.2, 0.25) is 0 Å². The predicted molar refractivity (Wildman–Crippen MR) is 58.5 cm³/mol. The monoisotopic (exact) mass is 200 g/mol. The summed E-state index contributed by atoms with van der Waals surface area (Å²) < 4.78 is 0. The van der Waals surface area contributed by atoms with Crippen LogP contribution in [-0.2, 0) is 0 Å². The molecule has 0 aromatic rings. The zero-order chi connectivity index (χ0) is 9.10. The summed E-state index contributed by atoms with van der Waals surface area (Å²) in [4.78, 5) is 0. The molecule has 3 heteroatoms. The van der Waals surface area contributed by atoms with Crippen LogP contribution < -0.4 is 11.3 Å². The molecule has 76 valence electrons. The summed E-state index contributed by atoms with van der Waals surface area (Å²) in [5.74, 6) is 7.93. The van der Waals surface area contributed by atoms with E-state index in [2.05, 4.69) is 17.2 Å². The van der Waals surface area contributed by atoms with Gasteiger partial charge in [-0.25, -0.2) is 0 Å². The molecule has 0 amide bonds. The molecule has 13 heavy (non-hydrogen) atoms. The van der Waals surface area contributed by atoms with Crippen molar-refractivity contribution in [3.63, 3.8) is 0 Å². The SMILES string of the molecule is NNC(CC1CCC1)C1CCCS1. The van der Waals surface area contributed by atoms with Crippen molar-refractivity contribution in [2.24, 2.45) is 11.8 Å². The summed E-state index contributed by atoms with van der Waals surface area (Å²) in [6, 6.07) is 0.581. The van der Waals surface area contributed by atoms with Crippen LogP contribution >= 0.6 is 11.8 Å². The van der Waals surface area contributed by atoms with Crippen molar-refractivity contribution in [2.45, 2.75) is 49.8 Å². The smallest absolute Gasteiger partial charge is 0.0332 e. The first-order valence-electron chi connectivity index (χ1n) is 5.48. The molecular formula is C10H20N2S. The van der Waals surface area contributed by atoms with Gasteiger partial charge in [0, 0.05) is 11.3 Å². The van der Waals surface area contributed by atoms with E-state index < -0.39 is 0 Å². The Balaban J connectivity index is 1.77. The van der Waals surface area contributed by atoms with Crippen molar-refractivity contribution < 1.29 is 0 Å². The summed E-state index contributed by atoms with van der Waals surface area (Å²) in [5, 5.41) is 0.797. The van der Waals surface area contributed by atoms with Gasteiger partial charge in [-0.2, -0.15) is 11.8 Å². The molecule has 3 N–H and O–H groups in total. The lowest BCUT2D eigenvalue weighted by Crippen LogP contribution is -2.43. The Morgan fingerprint density at radius 3 is 2.62 bits per heavy atom. The molecule has 1 saturated heterocycles. The number of thioether (sulfide) groups is 1. The number of nitrogens with two attached hydrogens (primary N) is 1. The molecule has 1 aliphatic carbocycles. The van der Waals surface area contributed by atoms with Crippen molar-refractivity contribution in [3.8, 4) is 0 Å². The molecule has 2 fully saturated rings. The number of rotatable bonds is 4. The lowest BCUT2D eigenvalue weighted by Gasteiger charge is -2.31. The Labute approximate surface area is 85.0 Å². The molecule has 2 atom stereocenters. The highest BCUT2D eigenvalue weighted by Gasteiger charge is 2.29. The molecule has 2 rings (SSSR count). The number of hydrazine groups is 1. The Kier molecular flexibility index (Phi) is 3.52. The molecule has 2 nitrogen and oxygen atoms in total. The van der Waals surface area contributed by atoms with Gasteiger partial charge >= 0.3 is 0 Å². The first kappa shape index (κ1) is 9.81. The Morgan fingerprint density at radius 2 is 2.15 bits per heavy atom. The van der Waals surface area contributed by atoms with Crippen molar-refractivity contribution in [2.75, 3.05) is 5.75 Å². The van der Waals surface area contributed by atoms with Gasteiger partial charge in [-0.15, -0.1) is 0 Å². The fraction of sp³-hybridized carbons (Fsp3) is 1.00. The highest BCUT2D eigenvalue weighted by atomic mass is 32.2. The topological polar surface area (TPSA) is 38.0 Å². The molecule has 2 aliphatic rings. The van der Waals surface area contributed by atoms with E-state index in [-0.39, 0.29) is 0 Å². The minimum absolute atomic E-state index is 0.581. The van der Waals surface area contributed by atoms with Gasteiger partial charge in [-0.3, -0.25) is 11.3 Å².